The van der Waals surface area contributed by atoms with E-state index in [0.717, 1.165) is 11.8 Å². The summed E-state index contributed by atoms with van der Waals surface area (Å²) in [6.45, 7) is 0.395. The van der Waals surface area contributed by atoms with E-state index in [4.69, 9.17) is 14.2 Å². The number of hydrogen-bond donors (Lipinski definition) is 1. The third-order valence-electron chi connectivity index (χ3n) is 4.94. The molecule has 0 radical (unpaired) electrons. The van der Waals surface area contributed by atoms with Crippen LogP contribution in [0.1, 0.15) is 15.9 Å². The van der Waals surface area contributed by atoms with Gasteiger partial charge in [-0.1, -0.05) is 0 Å². The second-order valence-electron chi connectivity index (χ2n) is 7.52. The number of amides is 1. The van der Waals surface area contributed by atoms with E-state index in [-0.39, 0.29) is 16.9 Å². The molecule has 1 atom stereocenters. The number of methoxy groups -OCH3 is 1. The van der Waals surface area contributed by atoms with Gasteiger partial charge in [0.2, 0.25) is 0 Å². The maximum absolute atomic E-state index is 12.8. The van der Waals surface area contributed by atoms with E-state index in [1.807, 2.05) is 0 Å². The average Bonchev–Trinajstić information content (AvgIpc) is 3.33. The molecule has 1 N–H and O–H groups in total. The minimum atomic E-state index is -3.31. The Balaban J connectivity index is 1.65. The molecular formula is C22H23N3O6S. The number of nitrogens with zero attached hydrogens (tertiary/aromatic N) is 2. The minimum Gasteiger partial charge on any atom is -0.487 e. The van der Waals surface area contributed by atoms with Gasteiger partial charge in [0.1, 0.15) is 23.4 Å². The van der Waals surface area contributed by atoms with Crippen LogP contribution in [0.25, 0.3) is 0 Å². The third kappa shape index (κ3) is 4.76. The van der Waals surface area contributed by atoms with Gasteiger partial charge >= 0.3 is 0 Å². The van der Waals surface area contributed by atoms with E-state index < -0.39 is 9.84 Å². The summed E-state index contributed by atoms with van der Waals surface area (Å²) in [5, 5.41) is 6.91. The van der Waals surface area contributed by atoms with Crippen LogP contribution in [0.5, 0.6) is 17.2 Å². The smallest absolute Gasteiger partial charge is 0.257 e. The topological polar surface area (TPSA) is 109 Å². The molecule has 0 bridgehead atoms. The van der Waals surface area contributed by atoms with Gasteiger partial charge in [-0.25, -0.2) is 8.42 Å². The predicted molar refractivity (Wildman–Crippen MR) is 117 cm³/mol. The minimum absolute atomic E-state index is 0.195. The van der Waals surface area contributed by atoms with Crippen LogP contribution in [-0.2, 0) is 28.0 Å². The van der Waals surface area contributed by atoms with Gasteiger partial charge in [0.15, 0.2) is 15.7 Å². The molecule has 0 saturated heterocycles. The summed E-state index contributed by atoms with van der Waals surface area (Å²) in [4.78, 5) is 13.0. The Hall–Kier alpha value is -3.37. The Labute approximate surface area is 185 Å². The number of rotatable bonds is 7. The van der Waals surface area contributed by atoms with Crippen molar-refractivity contribution >= 4 is 21.6 Å². The average molecular weight is 458 g/mol. The number of benzene rings is 2. The van der Waals surface area contributed by atoms with Gasteiger partial charge in [-0.15, -0.1) is 0 Å². The standard InChI is InChI=1S/C22H23N3O6S/c1-25-9-8-21(24-25)23-22(26)14-10-19(18-12-16(13-29-2)31-20(18)11-14)30-15-4-6-17(7-5-15)32(3,27)28/h4-11,16H,12-13H2,1-3H3,(H,23,24,26). The first-order valence-corrected chi connectivity index (χ1v) is 11.7. The molecule has 1 amide bonds. The second kappa shape index (κ2) is 8.64. The Bertz CT molecular complexity index is 1250. The van der Waals surface area contributed by atoms with Crippen molar-refractivity contribution in [2.75, 3.05) is 25.3 Å². The molecule has 3 aromatic rings. The number of nitrogens with one attached hydrogen (secondary N) is 1. The fourth-order valence-corrected chi connectivity index (χ4v) is 4.06. The first kappa shape index (κ1) is 21.8. The van der Waals surface area contributed by atoms with Crippen LogP contribution in [0.3, 0.4) is 0 Å². The highest BCUT2D eigenvalue weighted by atomic mass is 32.2. The van der Waals surface area contributed by atoms with E-state index in [1.54, 1.807) is 55.4 Å². The van der Waals surface area contributed by atoms with Gasteiger partial charge in [-0.05, 0) is 36.4 Å². The zero-order chi connectivity index (χ0) is 22.9. The Morgan fingerprint density at radius 2 is 2.00 bits per heavy atom. The lowest BCUT2D eigenvalue weighted by Gasteiger charge is -2.12. The van der Waals surface area contributed by atoms with Crippen LogP contribution in [0.4, 0.5) is 5.82 Å². The molecule has 0 spiro atoms. The Morgan fingerprint density at radius 1 is 1.25 bits per heavy atom. The van der Waals surface area contributed by atoms with Crippen LogP contribution < -0.4 is 14.8 Å². The summed E-state index contributed by atoms with van der Waals surface area (Å²) in [7, 11) is 0.0442. The van der Waals surface area contributed by atoms with Crippen LogP contribution >= 0.6 is 0 Å². The first-order valence-electron chi connectivity index (χ1n) is 9.84. The Morgan fingerprint density at radius 3 is 2.62 bits per heavy atom. The summed E-state index contributed by atoms with van der Waals surface area (Å²) in [6, 6.07) is 11.1. The fraction of sp³-hybridized carbons (Fsp3) is 0.273. The molecule has 1 unspecified atom stereocenters. The van der Waals surface area contributed by atoms with Gasteiger partial charge in [0.05, 0.1) is 11.5 Å². The van der Waals surface area contributed by atoms with Gasteiger partial charge in [-0.2, -0.15) is 5.10 Å². The van der Waals surface area contributed by atoms with Crippen LogP contribution in [0, 0.1) is 0 Å². The van der Waals surface area contributed by atoms with E-state index in [2.05, 4.69) is 10.4 Å². The number of carbonyl (C=O) groups is 1. The normalized spacial score (nSPS) is 15.2. The lowest BCUT2D eigenvalue weighted by molar-refractivity contribution is 0.0948. The van der Waals surface area contributed by atoms with Gasteiger partial charge in [-0.3, -0.25) is 9.48 Å². The summed E-state index contributed by atoms with van der Waals surface area (Å²) in [5.74, 6) is 1.51. The lowest BCUT2D eigenvalue weighted by atomic mass is 10.1. The van der Waals surface area contributed by atoms with Crippen LogP contribution in [0.15, 0.2) is 53.6 Å². The summed E-state index contributed by atoms with van der Waals surface area (Å²) >= 11 is 0. The quantitative estimate of drug-likeness (QED) is 0.581. The molecule has 1 aliphatic heterocycles. The highest BCUT2D eigenvalue weighted by molar-refractivity contribution is 7.90. The van der Waals surface area contributed by atoms with Crippen molar-refractivity contribution in [1.82, 2.24) is 9.78 Å². The molecule has 0 saturated carbocycles. The number of anilines is 1. The molecule has 2 heterocycles. The monoisotopic (exact) mass is 457 g/mol. The van der Waals surface area contributed by atoms with Crippen molar-refractivity contribution in [2.24, 2.45) is 7.05 Å². The Kier molecular flexibility index (Phi) is 5.90. The molecule has 2 aromatic carbocycles. The highest BCUT2D eigenvalue weighted by Gasteiger charge is 2.28. The zero-order valence-electron chi connectivity index (χ0n) is 17.9. The van der Waals surface area contributed by atoms with Crippen molar-refractivity contribution in [3.63, 3.8) is 0 Å². The first-order chi connectivity index (χ1) is 15.2. The van der Waals surface area contributed by atoms with Crippen molar-refractivity contribution in [3.05, 3.63) is 59.8 Å². The molecular weight excluding hydrogens is 434 g/mol. The maximum Gasteiger partial charge on any atom is 0.257 e. The van der Waals surface area contributed by atoms with Gasteiger partial charge < -0.3 is 19.5 Å². The van der Waals surface area contributed by atoms with E-state index >= 15 is 0 Å². The van der Waals surface area contributed by atoms with E-state index in [9.17, 15) is 13.2 Å². The molecule has 4 rings (SSSR count). The van der Waals surface area contributed by atoms with E-state index in [0.29, 0.717) is 41.7 Å². The summed E-state index contributed by atoms with van der Waals surface area (Å²) < 4.78 is 42.2. The maximum atomic E-state index is 12.8. The van der Waals surface area contributed by atoms with E-state index in [1.165, 1.54) is 12.1 Å². The van der Waals surface area contributed by atoms with Crippen molar-refractivity contribution in [1.29, 1.82) is 0 Å². The zero-order valence-corrected chi connectivity index (χ0v) is 18.7. The molecule has 0 aliphatic carbocycles. The molecule has 1 aromatic heterocycles. The highest BCUT2D eigenvalue weighted by Crippen LogP contribution is 2.40. The molecule has 0 fully saturated rings. The molecule has 168 valence electrons. The van der Waals surface area contributed by atoms with Gasteiger partial charge in [0, 0.05) is 50.2 Å². The number of aryl methyl sites for hydroxylation is 1. The number of aromatic nitrogens is 2. The number of sulfone groups is 1. The van der Waals surface area contributed by atoms with Gasteiger partial charge in [0.25, 0.3) is 5.91 Å². The summed E-state index contributed by atoms with van der Waals surface area (Å²) in [6.07, 6.45) is 3.24. The molecule has 9 nitrogen and oxygen atoms in total. The van der Waals surface area contributed by atoms with Crippen molar-refractivity contribution in [2.45, 2.75) is 17.4 Å². The second-order valence-corrected chi connectivity index (χ2v) is 9.54. The fourth-order valence-electron chi connectivity index (χ4n) is 3.43. The third-order valence-corrected chi connectivity index (χ3v) is 6.07. The SMILES string of the molecule is COCC1Cc2c(Oc3ccc(S(C)(=O)=O)cc3)cc(C(=O)Nc3ccn(C)n3)cc2O1. The van der Waals surface area contributed by atoms with Crippen LogP contribution in [0.2, 0.25) is 0 Å². The molecule has 10 heteroatoms. The van der Waals surface area contributed by atoms with Crippen molar-refractivity contribution in [3.8, 4) is 17.2 Å². The largest absolute Gasteiger partial charge is 0.487 e. The number of hydrogen-bond acceptors (Lipinski definition) is 7. The predicted octanol–water partition coefficient (Wildman–Crippen LogP) is 2.82. The molecule has 1 aliphatic rings. The number of carbonyl (C=O) groups excluding carboxylic acids is 1. The lowest BCUT2D eigenvalue weighted by Crippen LogP contribution is -2.19. The van der Waals surface area contributed by atoms with Crippen LogP contribution in [-0.4, -0.2) is 50.2 Å². The molecule has 32 heavy (non-hydrogen) atoms. The summed E-state index contributed by atoms with van der Waals surface area (Å²) in [5.41, 5.74) is 1.16. The van der Waals surface area contributed by atoms with Crippen molar-refractivity contribution < 1.29 is 27.4 Å². The number of fused-ring (bicyclic) bond motifs is 1. The number of ether oxygens (including phenoxy) is 3.